The Bertz CT molecular complexity index is 1230. The predicted octanol–water partition coefficient (Wildman–Crippen LogP) is 2.70. The molecule has 0 saturated carbocycles. The Morgan fingerprint density at radius 2 is 1.86 bits per heavy atom. The molecule has 0 radical (unpaired) electrons. The highest BCUT2D eigenvalue weighted by Gasteiger charge is 2.33. The van der Waals surface area contributed by atoms with Crippen LogP contribution in [0, 0.1) is 0 Å². The van der Waals surface area contributed by atoms with E-state index in [2.05, 4.69) is 19.8 Å². The van der Waals surface area contributed by atoms with E-state index in [0.29, 0.717) is 28.9 Å². The summed E-state index contributed by atoms with van der Waals surface area (Å²) in [6, 6.07) is 12.3. The van der Waals surface area contributed by atoms with E-state index < -0.39 is 10.0 Å². The van der Waals surface area contributed by atoms with Crippen molar-refractivity contribution < 1.29 is 13.2 Å². The Balaban J connectivity index is 1.78. The average Bonchev–Trinajstić information content (AvgIpc) is 3.12. The van der Waals surface area contributed by atoms with Gasteiger partial charge in [0.05, 0.1) is 34.7 Å². The lowest BCUT2D eigenvalue weighted by Gasteiger charge is -2.21. The lowest BCUT2D eigenvalue weighted by atomic mass is 9.96. The molecule has 2 aromatic carbocycles. The Hall–Kier alpha value is -3.33. The summed E-state index contributed by atoms with van der Waals surface area (Å²) in [7, 11) is -3.46. The van der Waals surface area contributed by atoms with Crippen molar-refractivity contribution in [2.75, 3.05) is 11.0 Å². The quantitative estimate of drug-likeness (QED) is 0.713. The number of amides is 1. The smallest absolute Gasteiger partial charge is 0.240 e. The van der Waals surface area contributed by atoms with E-state index in [1.165, 1.54) is 11.9 Å². The summed E-state index contributed by atoms with van der Waals surface area (Å²) >= 11 is 0. The first-order valence-electron chi connectivity index (χ1n) is 8.97. The lowest BCUT2D eigenvalue weighted by molar-refractivity contribution is -0.130. The van der Waals surface area contributed by atoms with Gasteiger partial charge in [-0.15, -0.1) is 0 Å². The molecule has 8 nitrogen and oxygen atoms in total. The number of nitrogens with zero attached hydrogens (tertiary/aromatic N) is 4. The number of fused-ring (bicyclic) bond motifs is 1. The van der Waals surface area contributed by atoms with Crippen LogP contribution >= 0.6 is 0 Å². The molecular weight excluding hydrogens is 390 g/mol. The standard InChI is InChI=1S/C20H19N5O3S/c1-13(26)25-19(15-7-5-9-17-20(15)22-11-10-21-17)12-18(23-25)14-6-3-4-8-16(14)24-29(2,27)28/h3-11,19,24H,12H2,1-2H3/t19-/m1/s1. The number of carbonyl (C=O) groups excluding carboxylic acids is 1. The third-order valence-electron chi connectivity index (χ3n) is 4.66. The molecule has 148 valence electrons. The second-order valence-electron chi connectivity index (χ2n) is 6.82. The van der Waals surface area contributed by atoms with Crippen LogP contribution in [0.15, 0.2) is 60.0 Å². The molecule has 0 fully saturated rings. The molecule has 1 atom stereocenters. The van der Waals surface area contributed by atoms with E-state index >= 15 is 0 Å². The van der Waals surface area contributed by atoms with Crippen molar-refractivity contribution >= 4 is 38.4 Å². The Labute approximate surface area is 168 Å². The zero-order chi connectivity index (χ0) is 20.6. The number of hydrogen-bond donors (Lipinski definition) is 1. The summed E-state index contributed by atoms with van der Waals surface area (Å²) in [6.07, 6.45) is 4.77. The van der Waals surface area contributed by atoms with Gasteiger partial charge in [-0.2, -0.15) is 5.10 Å². The van der Waals surface area contributed by atoms with E-state index in [1.54, 1.807) is 36.7 Å². The number of anilines is 1. The van der Waals surface area contributed by atoms with Crippen molar-refractivity contribution in [2.24, 2.45) is 5.10 Å². The molecule has 4 rings (SSSR count). The van der Waals surface area contributed by atoms with Gasteiger partial charge in [-0.1, -0.05) is 30.3 Å². The van der Waals surface area contributed by atoms with Crippen molar-refractivity contribution in [3.63, 3.8) is 0 Å². The Kier molecular flexibility index (Phi) is 4.75. The van der Waals surface area contributed by atoms with Crippen LogP contribution in [0.5, 0.6) is 0 Å². The Morgan fingerprint density at radius 1 is 1.10 bits per heavy atom. The van der Waals surface area contributed by atoms with Crippen molar-refractivity contribution in [1.29, 1.82) is 0 Å². The average molecular weight is 409 g/mol. The minimum atomic E-state index is -3.46. The summed E-state index contributed by atoms with van der Waals surface area (Å²) in [5.41, 5.74) is 3.98. The van der Waals surface area contributed by atoms with E-state index in [0.717, 1.165) is 17.3 Å². The van der Waals surface area contributed by atoms with Crippen LogP contribution in [0.2, 0.25) is 0 Å². The summed E-state index contributed by atoms with van der Waals surface area (Å²) in [4.78, 5) is 21.1. The number of rotatable bonds is 4. The van der Waals surface area contributed by atoms with Gasteiger partial charge in [0.1, 0.15) is 0 Å². The van der Waals surface area contributed by atoms with Crippen LogP contribution in [0.1, 0.15) is 30.5 Å². The van der Waals surface area contributed by atoms with Gasteiger partial charge in [-0.3, -0.25) is 19.5 Å². The molecule has 2 heterocycles. The van der Waals surface area contributed by atoms with Gasteiger partial charge in [0.15, 0.2) is 0 Å². The maximum absolute atomic E-state index is 12.3. The van der Waals surface area contributed by atoms with Crippen LogP contribution < -0.4 is 4.72 Å². The van der Waals surface area contributed by atoms with E-state index in [9.17, 15) is 13.2 Å². The van der Waals surface area contributed by atoms with Crippen molar-refractivity contribution in [3.05, 3.63) is 66.0 Å². The maximum Gasteiger partial charge on any atom is 0.240 e. The molecule has 1 aromatic heterocycles. The topological polar surface area (TPSA) is 105 Å². The lowest BCUT2D eigenvalue weighted by Crippen LogP contribution is -2.24. The second kappa shape index (κ2) is 7.25. The molecule has 29 heavy (non-hydrogen) atoms. The molecule has 0 aliphatic carbocycles. The normalized spacial score (nSPS) is 16.7. The van der Waals surface area contributed by atoms with Gasteiger partial charge in [0, 0.05) is 36.9 Å². The highest BCUT2D eigenvalue weighted by molar-refractivity contribution is 7.92. The Morgan fingerprint density at radius 3 is 2.62 bits per heavy atom. The third kappa shape index (κ3) is 3.81. The van der Waals surface area contributed by atoms with Gasteiger partial charge in [-0.25, -0.2) is 13.4 Å². The molecular formula is C20H19N5O3S. The SMILES string of the molecule is CC(=O)N1N=C(c2ccccc2NS(C)(=O)=O)C[C@@H]1c1cccc2nccnc12. The highest BCUT2D eigenvalue weighted by atomic mass is 32.2. The zero-order valence-corrected chi connectivity index (χ0v) is 16.7. The molecule has 0 unspecified atom stereocenters. The van der Waals surface area contributed by atoms with Crippen LogP contribution in [-0.4, -0.2) is 41.3 Å². The minimum absolute atomic E-state index is 0.209. The number of benzene rings is 2. The van der Waals surface area contributed by atoms with Crippen LogP contribution in [0.4, 0.5) is 5.69 Å². The van der Waals surface area contributed by atoms with Gasteiger partial charge in [0.2, 0.25) is 15.9 Å². The fourth-order valence-corrected chi connectivity index (χ4v) is 4.09. The number of hydrazone groups is 1. The number of aromatic nitrogens is 2. The van der Waals surface area contributed by atoms with E-state index in [1.807, 2.05) is 18.2 Å². The molecule has 1 amide bonds. The van der Waals surface area contributed by atoms with Crippen LogP contribution in [0.3, 0.4) is 0 Å². The molecule has 9 heteroatoms. The number of nitrogens with one attached hydrogen (secondary N) is 1. The summed E-state index contributed by atoms with van der Waals surface area (Å²) in [6.45, 7) is 1.46. The summed E-state index contributed by atoms with van der Waals surface area (Å²) in [5.74, 6) is -0.209. The minimum Gasteiger partial charge on any atom is -0.283 e. The van der Waals surface area contributed by atoms with E-state index in [-0.39, 0.29) is 11.9 Å². The zero-order valence-electron chi connectivity index (χ0n) is 15.9. The maximum atomic E-state index is 12.3. The number of carbonyl (C=O) groups is 1. The van der Waals surface area contributed by atoms with Crippen LogP contribution in [-0.2, 0) is 14.8 Å². The summed E-state index contributed by atoms with van der Waals surface area (Å²) < 4.78 is 26.0. The first-order valence-corrected chi connectivity index (χ1v) is 10.9. The predicted molar refractivity (Wildman–Crippen MR) is 111 cm³/mol. The monoisotopic (exact) mass is 409 g/mol. The number of sulfonamides is 1. The number of hydrogen-bond acceptors (Lipinski definition) is 6. The first-order chi connectivity index (χ1) is 13.8. The van der Waals surface area contributed by atoms with Gasteiger partial charge in [-0.05, 0) is 12.1 Å². The third-order valence-corrected chi connectivity index (χ3v) is 5.25. The van der Waals surface area contributed by atoms with Gasteiger partial charge in [0.25, 0.3) is 0 Å². The van der Waals surface area contributed by atoms with Gasteiger partial charge < -0.3 is 0 Å². The molecule has 3 aromatic rings. The van der Waals surface area contributed by atoms with Crippen molar-refractivity contribution in [1.82, 2.24) is 15.0 Å². The molecule has 1 aliphatic heterocycles. The second-order valence-corrected chi connectivity index (χ2v) is 8.57. The highest BCUT2D eigenvalue weighted by Crippen LogP contribution is 2.36. The largest absolute Gasteiger partial charge is 0.283 e. The fourth-order valence-electron chi connectivity index (χ4n) is 3.51. The molecule has 1 aliphatic rings. The first kappa shape index (κ1) is 19.0. The number of para-hydroxylation sites is 2. The van der Waals surface area contributed by atoms with Crippen molar-refractivity contribution in [2.45, 2.75) is 19.4 Å². The van der Waals surface area contributed by atoms with Gasteiger partial charge >= 0.3 is 0 Å². The fraction of sp³-hybridized carbons (Fsp3) is 0.200. The molecule has 0 saturated heterocycles. The molecule has 0 spiro atoms. The van der Waals surface area contributed by atoms with Crippen molar-refractivity contribution in [3.8, 4) is 0 Å². The molecule has 0 bridgehead atoms. The van der Waals surface area contributed by atoms with Crippen LogP contribution in [0.25, 0.3) is 11.0 Å². The summed E-state index contributed by atoms with van der Waals surface area (Å²) in [5, 5.41) is 5.96. The van der Waals surface area contributed by atoms with E-state index in [4.69, 9.17) is 0 Å². The molecule has 1 N–H and O–H groups in total.